The molecule has 1 unspecified atom stereocenters. The summed E-state index contributed by atoms with van der Waals surface area (Å²) >= 11 is 0. The number of rotatable bonds is 6. The van der Waals surface area contributed by atoms with Gasteiger partial charge in [-0.3, -0.25) is 4.90 Å². The second-order valence-electron chi connectivity index (χ2n) is 5.01. The zero-order valence-electron chi connectivity index (χ0n) is 11.1. The van der Waals surface area contributed by atoms with Crippen LogP contribution in [0.2, 0.25) is 0 Å². The number of hydrogen-bond acceptors (Lipinski definition) is 2. The van der Waals surface area contributed by atoms with Crippen molar-refractivity contribution < 1.29 is 0 Å². The highest BCUT2D eigenvalue weighted by Crippen LogP contribution is 2.20. The first kappa shape index (κ1) is 13.7. The normalized spacial score (nSPS) is 23.0. The molecule has 16 heavy (non-hydrogen) atoms. The minimum absolute atomic E-state index is 0.965. The lowest BCUT2D eigenvalue weighted by atomic mass is 9.98. The maximum absolute atomic E-state index is 4.15. The SMILES string of the molecule is C=C(CNCC)CN1CCCC(CC)CC1. The zero-order valence-corrected chi connectivity index (χ0v) is 11.1. The lowest BCUT2D eigenvalue weighted by molar-refractivity contribution is 0.301. The molecule has 1 aliphatic heterocycles. The van der Waals surface area contributed by atoms with Gasteiger partial charge in [-0.1, -0.05) is 26.8 Å². The predicted molar refractivity (Wildman–Crippen MR) is 71.8 cm³/mol. The van der Waals surface area contributed by atoms with Crippen molar-refractivity contribution in [3.05, 3.63) is 12.2 Å². The molecule has 0 amide bonds. The van der Waals surface area contributed by atoms with E-state index in [0.29, 0.717) is 0 Å². The van der Waals surface area contributed by atoms with Gasteiger partial charge >= 0.3 is 0 Å². The van der Waals surface area contributed by atoms with E-state index in [1.165, 1.54) is 44.3 Å². The smallest absolute Gasteiger partial charge is 0.0202 e. The standard InChI is InChI=1S/C14H28N2/c1-4-14-7-6-9-16(10-8-14)12-13(3)11-15-5-2/h14-15H,3-12H2,1-2H3. The summed E-state index contributed by atoms with van der Waals surface area (Å²) in [6, 6.07) is 0. The summed E-state index contributed by atoms with van der Waals surface area (Å²) in [6.45, 7) is 14.3. The molecular weight excluding hydrogens is 196 g/mol. The molecule has 0 aromatic carbocycles. The van der Waals surface area contributed by atoms with Crippen LogP contribution in [0.5, 0.6) is 0 Å². The average Bonchev–Trinajstić information content (AvgIpc) is 2.51. The molecule has 0 aliphatic carbocycles. The third-order valence-corrected chi connectivity index (χ3v) is 3.59. The summed E-state index contributed by atoms with van der Waals surface area (Å²) in [5.41, 5.74) is 1.33. The van der Waals surface area contributed by atoms with Crippen LogP contribution in [0.3, 0.4) is 0 Å². The van der Waals surface area contributed by atoms with Gasteiger partial charge in [0.25, 0.3) is 0 Å². The average molecular weight is 224 g/mol. The van der Waals surface area contributed by atoms with Gasteiger partial charge in [0, 0.05) is 13.1 Å². The molecule has 1 saturated heterocycles. The van der Waals surface area contributed by atoms with Crippen LogP contribution in [0.25, 0.3) is 0 Å². The number of likely N-dealkylation sites (N-methyl/N-ethyl adjacent to an activating group) is 1. The Morgan fingerprint density at radius 1 is 1.31 bits per heavy atom. The lowest BCUT2D eigenvalue weighted by Crippen LogP contribution is -2.30. The molecule has 1 N–H and O–H groups in total. The van der Waals surface area contributed by atoms with Gasteiger partial charge in [0.1, 0.15) is 0 Å². The van der Waals surface area contributed by atoms with Crippen molar-refractivity contribution in [2.75, 3.05) is 32.7 Å². The van der Waals surface area contributed by atoms with Crippen LogP contribution in [-0.2, 0) is 0 Å². The first-order valence-corrected chi connectivity index (χ1v) is 6.86. The Labute approximate surface area is 101 Å². The van der Waals surface area contributed by atoms with E-state index in [-0.39, 0.29) is 0 Å². The van der Waals surface area contributed by atoms with Crippen molar-refractivity contribution >= 4 is 0 Å². The van der Waals surface area contributed by atoms with Gasteiger partial charge in [-0.2, -0.15) is 0 Å². The second kappa shape index (κ2) is 7.86. The molecule has 1 aliphatic rings. The van der Waals surface area contributed by atoms with Crippen LogP contribution in [-0.4, -0.2) is 37.6 Å². The maximum Gasteiger partial charge on any atom is 0.0202 e. The van der Waals surface area contributed by atoms with E-state index in [0.717, 1.165) is 25.6 Å². The Bertz CT molecular complexity index is 201. The fraction of sp³-hybridized carbons (Fsp3) is 0.857. The van der Waals surface area contributed by atoms with E-state index in [9.17, 15) is 0 Å². The highest BCUT2D eigenvalue weighted by atomic mass is 15.1. The molecule has 0 bridgehead atoms. The Balaban J connectivity index is 2.24. The lowest BCUT2D eigenvalue weighted by Gasteiger charge is -2.21. The summed E-state index contributed by atoms with van der Waals surface area (Å²) in [6.07, 6.45) is 5.52. The van der Waals surface area contributed by atoms with Crippen LogP contribution in [0.1, 0.15) is 39.5 Å². The van der Waals surface area contributed by atoms with Gasteiger partial charge in [-0.25, -0.2) is 0 Å². The Hall–Kier alpha value is -0.340. The van der Waals surface area contributed by atoms with E-state index >= 15 is 0 Å². The highest BCUT2D eigenvalue weighted by Gasteiger charge is 2.15. The van der Waals surface area contributed by atoms with Crippen LogP contribution >= 0.6 is 0 Å². The van der Waals surface area contributed by atoms with Crippen LogP contribution in [0, 0.1) is 5.92 Å². The van der Waals surface area contributed by atoms with Gasteiger partial charge in [-0.15, -0.1) is 0 Å². The summed E-state index contributed by atoms with van der Waals surface area (Å²) < 4.78 is 0. The number of likely N-dealkylation sites (tertiary alicyclic amines) is 1. The first-order chi connectivity index (χ1) is 7.76. The van der Waals surface area contributed by atoms with Crippen LogP contribution in [0.4, 0.5) is 0 Å². The van der Waals surface area contributed by atoms with Crippen molar-refractivity contribution in [3.63, 3.8) is 0 Å². The molecule has 2 heteroatoms. The summed E-state index contributed by atoms with van der Waals surface area (Å²) in [4.78, 5) is 2.58. The van der Waals surface area contributed by atoms with Crippen molar-refractivity contribution in [2.45, 2.75) is 39.5 Å². The fourth-order valence-electron chi connectivity index (χ4n) is 2.47. The molecule has 1 rings (SSSR count). The number of nitrogens with zero attached hydrogens (tertiary/aromatic N) is 1. The second-order valence-corrected chi connectivity index (χ2v) is 5.01. The topological polar surface area (TPSA) is 15.3 Å². The van der Waals surface area contributed by atoms with Crippen LogP contribution in [0.15, 0.2) is 12.2 Å². The van der Waals surface area contributed by atoms with E-state index < -0.39 is 0 Å². The number of nitrogens with one attached hydrogen (secondary N) is 1. The molecule has 0 radical (unpaired) electrons. The van der Waals surface area contributed by atoms with Gasteiger partial charge in [0.05, 0.1) is 0 Å². The van der Waals surface area contributed by atoms with E-state index in [1.807, 2.05) is 0 Å². The van der Waals surface area contributed by atoms with E-state index in [4.69, 9.17) is 0 Å². The zero-order chi connectivity index (χ0) is 11.8. The van der Waals surface area contributed by atoms with E-state index in [1.54, 1.807) is 0 Å². The summed E-state index contributed by atoms with van der Waals surface area (Å²) in [5, 5.41) is 3.35. The summed E-state index contributed by atoms with van der Waals surface area (Å²) in [5.74, 6) is 0.965. The Morgan fingerprint density at radius 3 is 2.81 bits per heavy atom. The molecule has 1 fully saturated rings. The fourth-order valence-corrected chi connectivity index (χ4v) is 2.47. The van der Waals surface area contributed by atoms with E-state index in [2.05, 4.69) is 30.6 Å². The Morgan fingerprint density at radius 2 is 2.12 bits per heavy atom. The maximum atomic E-state index is 4.15. The molecule has 0 saturated carbocycles. The van der Waals surface area contributed by atoms with Gasteiger partial charge in [-0.05, 0) is 50.4 Å². The summed E-state index contributed by atoms with van der Waals surface area (Å²) in [7, 11) is 0. The molecule has 1 heterocycles. The van der Waals surface area contributed by atoms with Crippen molar-refractivity contribution in [2.24, 2.45) is 5.92 Å². The van der Waals surface area contributed by atoms with Crippen molar-refractivity contribution in [1.29, 1.82) is 0 Å². The highest BCUT2D eigenvalue weighted by molar-refractivity contribution is 4.99. The third-order valence-electron chi connectivity index (χ3n) is 3.59. The van der Waals surface area contributed by atoms with Gasteiger partial charge in [0.15, 0.2) is 0 Å². The Kier molecular flexibility index (Phi) is 6.74. The molecule has 94 valence electrons. The largest absolute Gasteiger partial charge is 0.313 e. The molecular formula is C14H28N2. The van der Waals surface area contributed by atoms with Crippen molar-refractivity contribution in [1.82, 2.24) is 10.2 Å². The number of hydrogen-bond donors (Lipinski definition) is 1. The molecule has 0 spiro atoms. The van der Waals surface area contributed by atoms with Gasteiger partial charge in [0.2, 0.25) is 0 Å². The van der Waals surface area contributed by atoms with Crippen LogP contribution < -0.4 is 5.32 Å². The monoisotopic (exact) mass is 224 g/mol. The molecule has 1 atom stereocenters. The molecule has 0 aromatic rings. The first-order valence-electron chi connectivity index (χ1n) is 6.86. The van der Waals surface area contributed by atoms with Gasteiger partial charge < -0.3 is 5.32 Å². The third kappa shape index (κ3) is 5.13. The van der Waals surface area contributed by atoms with Crippen molar-refractivity contribution in [3.8, 4) is 0 Å². The minimum Gasteiger partial charge on any atom is -0.313 e. The minimum atomic E-state index is 0.965. The predicted octanol–water partition coefficient (Wildman–Crippen LogP) is 2.66. The molecule has 0 aromatic heterocycles. The molecule has 2 nitrogen and oxygen atoms in total. The quantitative estimate of drug-likeness (QED) is 0.698.